The summed E-state index contributed by atoms with van der Waals surface area (Å²) in [7, 11) is 0. The van der Waals surface area contributed by atoms with Gasteiger partial charge >= 0.3 is 11.8 Å². The first kappa shape index (κ1) is 11.2. The van der Waals surface area contributed by atoms with Crippen molar-refractivity contribution in [2.45, 2.75) is 19.2 Å². The number of hydrogen-bond donors (Lipinski definition) is 0. The highest BCUT2D eigenvalue weighted by atomic mass is 19.3. The van der Waals surface area contributed by atoms with Gasteiger partial charge in [0, 0.05) is 0 Å². The summed E-state index contributed by atoms with van der Waals surface area (Å²) in [5.41, 5.74) is 0. The number of carbonyl (C=O) groups excluding carboxylic acids is 1. The summed E-state index contributed by atoms with van der Waals surface area (Å²) >= 11 is 0. The Labute approximate surface area is 67.3 Å². The minimum Gasteiger partial charge on any atom is -0.461 e. The van der Waals surface area contributed by atoms with Gasteiger partial charge in [-0.05, 0) is 10.9 Å². The van der Waals surface area contributed by atoms with Crippen molar-refractivity contribution in [2.75, 3.05) is 13.3 Å². The van der Waals surface area contributed by atoms with E-state index in [2.05, 4.69) is 9.68 Å². The molecule has 12 heavy (non-hydrogen) atoms. The third kappa shape index (κ3) is 2.69. The molecule has 0 aliphatic carbocycles. The summed E-state index contributed by atoms with van der Waals surface area (Å²) < 4.78 is 39.6. The molecule has 0 amide bonds. The highest BCUT2D eigenvalue weighted by molar-refractivity contribution is 5.77. The van der Waals surface area contributed by atoms with E-state index in [4.69, 9.17) is 0 Å². The lowest BCUT2D eigenvalue weighted by molar-refractivity contribution is -0.294. The van der Waals surface area contributed by atoms with E-state index in [1.807, 2.05) is 0 Å². The average molecular weight is 186 g/mol. The predicted octanol–water partition coefficient (Wildman–Crippen LogP) is 1.48. The number of halogens is 3. The molecule has 72 valence electrons. The van der Waals surface area contributed by atoms with Gasteiger partial charge in [0.15, 0.2) is 6.67 Å². The lowest BCUT2D eigenvalue weighted by Crippen LogP contribution is -2.38. The molecule has 0 aliphatic heterocycles. The quantitative estimate of drug-likeness (QED) is 0.610. The Morgan fingerprint density at radius 2 is 2.17 bits per heavy atom. The molecule has 0 aromatic heterocycles. The maximum Gasteiger partial charge on any atom is 0.378 e. The van der Waals surface area contributed by atoms with E-state index in [0.717, 1.165) is 0 Å². The summed E-state index contributed by atoms with van der Waals surface area (Å²) in [6.07, 6.45) is 0.431. The molecular formula is C6H9F3O3. The van der Waals surface area contributed by atoms with Gasteiger partial charge in [-0.15, -0.1) is 4.94 Å². The molecule has 0 fully saturated rings. The van der Waals surface area contributed by atoms with Gasteiger partial charge in [0.05, 0.1) is 6.61 Å². The summed E-state index contributed by atoms with van der Waals surface area (Å²) in [4.78, 5) is 13.0. The van der Waals surface area contributed by atoms with Crippen LogP contribution in [-0.2, 0) is 14.5 Å². The first-order valence-corrected chi connectivity index (χ1v) is 3.32. The monoisotopic (exact) mass is 186 g/mol. The van der Waals surface area contributed by atoms with Crippen LogP contribution in [0.4, 0.5) is 13.3 Å². The molecular weight excluding hydrogens is 177 g/mol. The van der Waals surface area contributed by atoms with Crippen molar-refractivity contribution < 1.29 is 27.8 Å². The molecule has 3 nitrogen and oxygen atoms in total. The third-order valence-electron chi connectivity index (χ3n) is 1.04. The van der Waals surface area contributed by atoms with Gasteiger partial charge in [-0.25, -0.2) is 9.18 Å². The van der Waals surface area contributed by atoms with Crippen molar-refractivity contribution in [1.82, 2.24) is 0 Å². The van der Waals surface area contributed by atoms with Gasteiger partial charge in [0.25, 0.3) is 0 Å². The normalized spacial score (nSPS) is 15.3. The van der Waals surface area contributed by atoms with Crippen molar-refractivity contribution in [3.63, 3.8) is 0 Å². The molecule has 0 heterocycles. The Balaban J connectivity index is 4.03. The van der Waals surface area contributed by atoms with Crippen LogP contribution in [0.3, 0.4) is 0 Å². The van der Waals surface area contributed by atoms with Gasteiger partial charge in [0.2, 0.25) is 0 Å². The molecule has 0 spiro atoms. The Morgan fingerprint density at radius 1 is 1.58 bits per heavy atom. The largest absolute Gasteiger partial charge is 0.461 e. The molecule has 0 aromatic rings. The molecule has 0 saturated carbocycles. The topological polar surface area (TPSA) is 35.5 Å². The van der Waals surface area contributed by atoms with E-state index in [0.29, 0.717) is 6.42 Å². The van der Waals surface area contributed by atoms with Crippen molar-refractivity contribution in [3.8, 4) is 0 Å². The summed E-state index contributed by atoms with van der Waals surface area (Å²) in [5, 5.41) is 0. The van der Waals surface area contributed by atoms with Crippen LogP contribution in [0.2, 0.25) is 0 Å². The van der Waals surface area contributed by atoms with Crippen LogP contribution in [-0.4, -0.2) is 25.1 Å². The van der Waals surface area contributed by atoms with E-state index in [1.54, 1.807) is 6.92 Å². The SMILES string of the molecule is CCCOC(=O)C(F)(CF)OF. The van der Waals surface area contributed by atoms with Gasteiger partial charge in [-0.2, -0.15) is 4.39 Å². The lowest BCUT2D eigenvalue weighted by Gasteiger charge is -2.14. The summed E-state index contributed by atoms with van der Waals surface area (Å²) in [6.45, 7) is -0.362. The number of ether oxygens (including phenoxy) is 1. The molecule has 0 aromatic carbocycles. The van der Waals surface area contributed by atoms with Gasteiger partial charge in [0.1, 0.15) is 0 Å². The van der Waals surface area contributed by atoms with E-state index >= 15 is 0 Å². The smallest absolute Gasteiger partial charge is 0.378 e. The third-order valence-corrected chi connectivity index (χ3v) is 1.04. The molecule has 0 N–H and O–H groups in total. The van der Waals surface area contributed by atoms with E-state index in [1.165, 1.54) is 0 Å². The fourth-order valence-electron chi connectivity index (χ4n) is 0.409. The van der Waals surface area contributed by atoms with Crippen molar-refractivity contribution in [3.05, 3.63) is 0 Å². The lowest BCUT2D eigenvalue weighted by atomic mass is 10.3. The van der Waals surface area contributed by atoms with E-state index in [-0.39, 0.29) is 6.61 Å². The number of alkyl halides is 2. The standard InChI is InChI=1S/C6H9F3O3/c1-2-3-11-5(10)6(8,4-7)12-9/h2-4H2,1H3. The number of esters is 1. The summed E-state index contributed by atoms with van der Waals surface area (Å²) in [5.74, 6) is -5.29. The fraction of sp³-hybridized carbons (Fsp3) is 0.833. The molecule has 0 aliphatic rings. The second kappa shape index (κ2) is 4.97. The minimum atomic E-state index is -3.60. The number of hydrogen-bond acceptors (Lipinski definition) is 3. The van der Waals surface area contributed by atoms with Crippen LogP contribution in [0.5, 0.6) is 0 Å². The van der Waals surface area contributed by atoms with E-state index in [9.17, 15) is 18.1 Å². The fourth-order valence-corrected chi connectivity index (χ4v) is 0.409. The molecule has 6 heteroatoms. The predicted molar refractivity (Wildman–Crippen MR) is 33.3 cm³/mol. The Bertz CT molecular complexity index is 147. The molecule has 1 atom stereocenters. The number of carbonyl (C=O) groups is 1. The van der Waals surface area contributed by atoms with Crippen LogP contribution < -0.4 is 0 Å². The summed E-state index contributed by atoms with van der Waals surface area (Å²) in [6, 6.07) is 0. The maximum atomic E-state index is 12.5. The van der Waals surface area contributed by atoms with Crippen LogP contribution in [0, 0.1) is 0 Å². The molecule has 0 radical (unpaired) electrons. The Morgan fingerprint density at radius 3 is 2.50 bits per heavy atom. The van der Waals surface area contributed by atoms with Crippen molar-refractivity contribution >= 4 is 5.97 Å². The number of rotatable bonds is 5. The highest BCUT2D eigenvalue weighted by Gasteiger charge is 2.44. The zero-order chi connectivity index (χ0) is 9.61. The zero-order valence-electron chi connectivity index (χ0n) is 6.48. The molecule has 0 saturated heterocycles. The average Bonchev–Trinajstić information content (AvgIpc) is 2.12. The van der Waals surface area contributed by atoms with Crippen LogP contribution in [0.25, 0.3) is 0 Å². The van der Waals surface area contributed by atoms with Gasteiger partial charge in [-0.3, -0.25) is 0 Å². The van der Waals surface area contributed by atoms with Gasteiger partial charge < -0.3 is 4.74 Å². The highest BCUT2D eigenvalue weighted by Crippen LogP contribution is 2.16. The molecule has 1 unspecified atom stereocenters. The maximum absolute atomic E-state index is 12.5. The van der Waals surface area contributed by atoms with Gasteiger partial charge in [-0.1, -0.05) is 6.92 Å². The van der Waals surface area contributed by atoms with Crippen LogP contribution in [0.15, 0.2) is 0 Å². The first-order chi connectivity index (χ1) is 5.60. The minimum absolute atomic E-state index is 0.103. The van der Waals surface area contributed by atoms with Crippen molar-refractivity contribution in [1.29, 1.82) is 0 Å². The van der Waals surface area contributed by atoms with E-state index < -0.39 is 18.5 Å². The second-order valence-corrected chi connectivity index (χ2v) is 2.08. The Hall–Kier alpha value is -0.780. The zero-order valence-corrected chi connectivity index (χ0v) is 6.48. The molecule has 0 bridgehead atoms. The Kier molecular flexibility index (Phi) is 4.65. The second-order valence-electron chi connectivity index (χ2n) is 2.08. The molecule has 0 rings (SSSR count). The van der Waals surface area contributed by atoms with Crippen molar-refractivity contribution in [2.24, 2.45) is 0 Å². The van der Waals surface area contributed by atoms with Crippen LogP contribution >= 0.6 is 0 Å². The first-order valence-electron chi connectivity index (χ1n) is 3.32. The van der Waals surface area contributed by atoms with Crippen LogP contribution in [0.1, 0.15) is 13.3 Å².